The van der Waals surface area contributed by atoms with Gasteiger partial charge in [-0.1, -0.05) is 0 Å². The largest absolute Gasteiger partial charge is 0.444 e. The van der Waals surface area contributed by atoms with Crippen molar-refractivity contribution in [2.45, 2.75) is 25.1 Å². The van der Waals surface area contributed by atoms with Crippen LogP contribution in [0.4, 0.5) is 23.8 Å². The van der Waals surface area contributed by atoms with Gasteiger partial charge in [0.2, 0.25) is 0 Å². The van der Waals surface area contributed by atoms with E-state index in [2.05, 4.69) is 20.2 Å². The zero-order valence-electron chi connectivity index (χ0n) is 15.6. The lowest BCUT2D eigenvalue weighted by molar-refractivity contribution is -0.140. The fourth-order valence-corrected chi connectivity index (χ4v) is 3.59. The van der Waals surface area contributed by atoms with E-state index in [4.69, 9.17) is 4.74 Å². The van der Waals surface area contributed by atoms with Crippen LogP contribution in [0.2, 0.25) is 0 Å². The number of nitrogens with zero attached hydrogens (tertiary/aromatic N) is 5. The van der Waals surface area contributed by atoms with Crippen LogP contribution in [0.15, 0.2) is 24.7 Å². The molecule has 11 heteroatoms. The van der Waals surface area contributed by atoms with Crippen LogP contribution < -0.4 is 4.90 Å². The monoisotopic (exact) mass is 408 g/mol. The molecular weight excluding hydrogens is 389 g/mol. The summed E-state index contributed by atoms with van der Waals surface area (Å²) < 4.78 is 42.8. The first-order valence-corrected chi connectivity index (χ1v) is 9.12. The fourth-order valence-electron chi connectivity index (χ4n) is 3.59. The minimum absolute atomic E-state index is 0.348. The van der Waals surface area contributed by atoms with Crippen molar-refractivity contribution in [1.29, 1.82) is 0 Å². The number of carbonyl (C=O) groups excluding carboxylic acids is 1. The van der Waals surface area contributed by atoms with E-state index in [0.717, 1.165) is 35.4 Å². The number of amides is 1. The van der Waals surface area contributed by atoms with Gasteiger partial charge < -0.3 is 14.5 Å². The first kappa shape index (κ1) is 19.2. The van der Waals surface area contributed by atoms with E-state index in [1.165, 1.54) is 0 Å². The lowest BCUT2D eigenvalue weighted by Crippen LogP contribution is -2.44. The van der Waals surface area contributed by atoms with Gasteiger partial charge in [-0.25, -0.2) is 14.8 Å². The third-order valence-electron chi connectivity index (χ3n) is 4.86. The Balaban J connectivity index is 1.55. The molecule has 1 N–H and O–H groups in total. The standard InChI is InChI=1S/C18H19F3N6O2/c1-26(10-18(19,20)21)17(28)29-12-3-2-6-27(9-12)16-14-11(8-24-25-16)7-23-15-13(14)4-5-22-15/h4-5,7-8,12,25H,2-3,6,9-10H2,1H3. The van der Waals surface area contributed by atoms with Crippen LogP contribution >= 0.6 is 0 Å². The molecular formula is C18H19F3N6O2. The van der Waals surface area contributed by atoms with Gasteiger partial charge >= 0.3 is 12.3 Å². The highest BCUT2D eigenvalue weighted by molar-refractivity contribution is 6.09. The van der Waals surface area contributed by atoms with Gasteiger partial charge in [0.05, 0.1) is 12.7 Å². The number of carbonyl (C=O) groups is 1. The number of H-pyrrole nitrogens is 1. The van der Waals surface area contributed by atoms with Crippen LogP contribution in [0.3, 0.4) is 0 Å². The van der Waals surface area contributed by atoms with E-state index in [1.54, 1.807) is 18.6 Å². The van der Waals surface area contributed by atoms with E-state index in [1.807, 2.05) is 11.0 Å². The maximum Gasteiger partial charge on any atom is 0.410 e. The third-order valence-corrected chi connectivity index (χ3v) is 4.86. The number of hydrogen-bond acceptors (Lipinski definition) is 6. The van der Waals surface area contributed by atoms with Crippen LogP contribution in [-0.2, 0) is 4.74 Å². The normalized spacial score (nSPS) is 17.7. The van der Waals surface area contributed by atoms with Gasteiger partial charge in [-0.15, -0.1) is 0 Å². The molecule has 0 radical (unpaired) electrons. The minimum atomic E-state index is -4.47. The average molecular weight is 408 g/mol. The van der Waals surface area contributed by atoms with E-state index < -0.39 is 24.9 Å². The first-order chi connectivity index (χ1) is 13.8. The smallest absolute Gasteiger partial charge is 0.410 e. The van der Waals surface area contributed by atoms with Crippen molar-refractivity contribution in [1.82, 2.24) is 25.1 Å². The van der Waals surface area contributed by atoms with Crippen LogP contribution in [0.5, 0.6) is 0 Å². The number of rotatable bonds is 3. The summed E-state index contributed by atoms with van der Waals surface area (Å²) in [6.07, 6.45) is 0.371. The SMILES string of the molecule is CN(CC(F)(F)F)C(=O)OC1CCCN(c2[nH]ncc3cnc4nccc4c23)C1. The Bertz CT molecular complexity index is 1040. The average Bonchev–Trinajstić information content (AvgIpc) is 3.15. The number of ether oxygens (including phenoxy) is 1. The Kier molecular flexibility index (Phi) is 4.89. The first-order valence-electron chi connectivity index (χ1n) is 9.12. The van der Waals surface area contributed by atoms with Crippen molar-refractivity contribution in [3.8, 4) is 0 Å². The molecule has 1 amide bonds. The van der Waals surface area contributed by atoms with Crippen molar-refractivity contribution >= 4 is 33.7 Å². The molecule has 3 aromatic heterocycles. The van der Waals surface area contributed by atoms with E-state index >= 15 is 0 Å². The van der Waals surface area contributed by atoms with Crippen LogP contribution in [0.1, 0.15) is 12.8 Å². The number of alkyl halides is 3. The topological polar surface area (TPSA) is 87.2 Å². The Labute approximate surface area is 163 Å². The zero-order valence-corrected chi connectivity index (χ0v) is 15.6. The second kappa shape index (κ2) is 7.37. The number of pyridine rings is 1. The number of hydrogen-bond donors (Lipinski definition) is 1. The number of aromatic nitrogens is 4. The summed E-state index contributed by atoms with van der Waals surface area (Å²) in [5.41, 5.74) is 0.618. The zero-order chi connectivity index (χ0) is 20.6. The Hall–Kier alpha value is -3.11. The van der Waals surface area contributed by atoms with E-state index in [-0.39, 0.29) is 0 Å². The molecule has 1 fully saturated rings. The van der Waals surface area contributed by atoms with Crippen LogP contribution in [0.25, 0.3) is 21.8 Å². The Morgan fingerprint density at radius 2 is 2.21 bits per heavy atom. The number of fused-ring (bicyclic) bond motifs is 3. The van der Waals surface area contributed by atoms with Gasteiger partial charge in [0.25, 0.3) is 0 Å². The third kappa shape index (κ3) is 4.03. The highest BCUT2D eigenvalue weighted by Crippen LogP contribution is 2.31. The van der Waals surface area contributed by atoms with Gasteiger partial charge in [0.1, 0.15) is 18.5 Å². The molecule has 1 aliphatic heterocycles. The molecule has 0 bridgehead atoms. The molecule has 4 heterocycles. The number of piperidine rings is 1. The summed E-state index contributed by atoms with van der Waals surface area (Å²) in [4.78, 5) is 23.1. The highest BCUT2D eigenvalue weighted by Gasteiger charge is 2.33. The Morgan fingerprint density at radius 3 is 3.00 bits per heavy atom. The predicted molar refractivity (Wildman–Crippen MR) is 99.6 cm³/mol. The molecule has 1 atom stereocenters. The molecule has 1 saturated heterocycles. The van der Waals surface area contributed by atoms with Gasteiger partial charge in [0.15, 0.2) is 5.65 Å². The lowest BCUT2D eigenvalue weighted by atomic mass is 10.1. The predicted octanol–water partition coefficient (Wildman–Crippen LogP) is 3.11. The molecule has 0 aliphatic carbocycles. The van der Waals surface area contributed by atoms with E-state index in [9.17, 15) is 18.0 Å². The van der Waals surface area contributed by atoms with Crippen molar-refractivity contribution in [2.75, 3.05) is 31.6 Å². The molecule has 4 rings (SSSR count). The van der Waals surface area contributed by atoms with Gasteiger partial charge in [0, 0.05) is 42.1 Å². The van der Waals surface area contributed by atoms with Crippen molar-refractivity contribution in [3.63, 3.8) is 0 Å². The molecule has 0 saturated carbocycles. The number of nitrogens with one attached hydrogen (secondary N) is 1. The minimum Gasteiger partial charge on any atom is -0.444 e. The van der Waals surface area contributed by atoms with Crippen LogP contribution in [-0.4, -0.2) is 70.1 Å². The molecule has 1 unspecified atom stereocenters. The highest BCUT2D eigenvalue weighted by atomic mass is 19.4. The second-order valence-electron chi connectivity index (χ2n) is 7.05. The fraction of sp³-hybridized carbons (Fsp3) is 0.444. The van der Waals surface area contributed by atoms with Gasteiger partial charge in [-0.2, -0.15) is 18.3 Å². The summed E-state index contributed by atoms with van der Waals surface area (Å²) in [5.74, 6) is 0.743. The molecule has 1 aliphatic rings. The number of anilines is 1. The summed E-state index contributed by atoms with van der Waals surface area (Å²) in [5, 5.41) is 9.79. The quantitative estimate of drug-likeness (QED) is 0.717. The van der Waals surface area contributed by atoms with E-state index in [0.29, 0.717) is 30.1 Å². The molecule has 0 spiro atoms. The maximum absolute atomic E-state index is 12.5. The molecule has 0 aromatic carbocycles. The van der Waals surface area contributed by atoms with Crippen molar-refractivity contribution in [3.05, 3.63) is 24.7 Å². The molecule has 29 heavy (non-hydrogen) atoms. The summed E-state index contributed by atoms with van der Waals surface area (Å²) in [6.45, 7) is -0.305. The summed E-state index contributed by atoms with van der Waals surface area (Å²) >= 11 is 0. The van der Waals surface area contributed by atoms with Crippen molar-refractivity contribution < 1.29 is 22.7 Å². The second-order valence-corrected chi connectivity index (χ2v) is 7.05. The Morgan fingerprint density at radius 1 is 1.38 bits per heavy atom. The van der Waals surface area contributed by atoms with Gasteiger partial charge in [-0.3, -0.25) is 5.10 Å². The summed E-state index contributed by atoms with van der Waals surface area (Å²) in [6, 6.07) is 1.87. The number of halogens is 3. The molecule has 3 aromatic rings. The maximum atomic E-state index is 12.5. The number of aromatic amines is 1. The molecule has 8 nitrogen and oxygen atoms in total. The summed E-state index contributed by atoms with van der Waals surface area (Å²) in [7, 11) is 1.07. The molecule has 154 valence electrons. The lowest BCUT2D eigenvalue weighted by Gasteiger charge is -2.34. The van der Waals surface area contributed by atoms with Crippen LogP contribution in [0, 0.1) is 0 Å². The van der Waals surface area contributed by atoms with Crippen molar-refractivity contribution in [2.24, 2.45) is 0 Å². The van der Waals surface area contributed by atoms with Gasteiger partial charge in [-0.05, 0) is 18.9 Å².